The van der Waals surface area contributed by atoms with Gasteiger partial charge in [0.25, 0.3) is 5.56 Å². The Labute approximate surface area is 103 Å². The zero-order valence-corrected chi connectivity index (χ0v) is 10.0. The highest BCUT2D eigenvalue weighted by Gasteiger charge is 2.13. The van der Waals surface area contributed by atoms with Crippen LogP contribution in [0.15, 0.2) is 29.1 Å². The second-order valence-corrected chi connectivity index (χ2v) is 3.99. The summed E-state index contributed by atoms with van der Waals surface area (Å²) in [5, 5.41) is 8.81. The second-order valence-electron chi connectivity index (χ2n) is 3.99. The number of hydrogen-bond acceptors (Lipinski definition) is 3. The van der Waals surface area contributed by atoms with E-state index in [1.807, 2.05) is 0 Å². The Balaban J connectivity index is 2.60. The molecule has 6 heteroatoms. The summed E-state index contributed by atoms with van der Waals surface area (Å²) in [6.07, 6.45) is 0. The lowest BCUT2D eigenvalue weighted by Gasteiger charge is -2.08. The second kappa shape index (κ2) is 4.06. The summed E-state index contributed by atoms with van der Waals surface area (Å²) in [4.78, 5) is 22.7. The Morgan fingerprint density at radius 1 is 1.28 bits per heavy atom. The molecule has 0 saturated carbocycles. The van der Waals surface area contributed by atoms with Crippen molar-refractivity contribution in [1.29, 1.82) is 0 Å². The number of hydrogen-bond donors (Lipinski definition) is 2. The van der Waals surface area contributed by atoms with E-state index >= 15 is 0 Å². The number of carbonyl (C=O) groups is 1. The first-order valence-electron chi connectivity index (χ1n) is 5.31. The summed E-state index contributed by atoms with van der Waals surface area (Å²) < 4.78 is 3.03. The van der Waals surface area contributed by atoms with Crippen LogP contribution in [0, 0.1) is 6.92 Å². The lowest BCUT2D eigenvalue weighted by Crippen LogP contribution is -2.20. The first-order chi connectivity index (χ1) is 8.43. The normalized spacial score (nSPS) is 10.6. The maximum Gasteiger partial charge on any atom is 0.335 e. The molecule has 0 aliphatic heterocycles. The van der Waals surface area contributed by atoms with Crippen LogP contribution >= 0.6 is 0 Å². The van der Waals surface area contributed by atoms with Gasteiger partial charge in [-0.1, -0.05) is 0 Å². The third-order valence-corrected chi connectivity index (χ3v) is 2.96. The highest BCUT2D eigenvalue weighted by atomic mass is 16.4. The number of aromatic nitrogens is 2. The Morgan fingerprint density at radius 2 is 1.83 bits per heavy atom. The third kappa shape index (κ3) is 1.67. The molecule has 2 rings (SSSR count). The van der Waals surface area contributed by atoms with Crippen LogP contribution < -0.4 is 11.3 Å². The van der Waals surface area contributed by atoms with Crippen molar-refractivity contribution in [2.24, 2.45) is 7.05 Å². The SMILES string of the molecule is Cc1c(N)c(=O)n(-c2ccc(C(=O)O)cc2)n1C. The largest absolute Gasteiger partial charge is 0.478 e. The van der Waals surface area contributed by atoms with Gasteiger partial charge in [0.1, 0.15) is 5.69 Å². The van der Waals surface area contributed by atoms with Gasteiger partial charge in [-0.25, -0.2) is 9.48 Å². The predicted octanol–water partition coefficient (Wildman–Crippen LogP) is 0.765. The van der Waals surface area contributed by atoms with E-state index in [9.17, 15) is 9.59 Å². The molecule has 0 amide bonds. The van der Waals surface area contributed by atoms with Gasteiger partial charge in [0, 0.05) is 7.05 Å². The average Bonchev–Trinajstić information content (AvgIpc) is 2.54. The highest BCUT2D eigenvalue weighted by Crippen LogP contribution is 2.12. The van der Waals surface area contributed by atoms with E-state index in [-0.39, 0.29) is 16.8 Å². The minimum atomic E-state index is -1.00. The Morgan fingerprint density at radius 3 is 2.22 bits per heavy atom. The smallest absolute Gasteiger partial charge is 0.335 e. The van der Waals surface area contributed by atoms with E-state index < -0.39 is 5.97 Å². The number of nitrogen functional groups attached to an aromatic ring is 1. The molecule has 0 radical (unpaired) electrons. The number of rotatable bonds is 2. The van der Waals surface area contributed by atoms with Gasteiger partial charge in [-0.2, -0.15) is 0 Å². The molecule has 0 bridgehead atoms. The Kier molecular flexibility index (Phi) is 2.70. The number of nitrogens with two attached hydrogens (primary N) is 1. The predicted molar refractivity (Wildman–Crippen MR) is 67.1 cm³/mol. The summed E-state index contributed by atoms with van der Waals surface area (Å²) in [6, 6.07) is 6.04. The van der Waals surface area contributed by atoms with Gasteiger partial charge in [-0.15, -0.1) is 0 Å². The maximum atomic E-state index is 11.9. The fourth-order valence-electron chi connectivity index (χ4n) is 1.77. The molecular weight excluding hydrogens is 234 g/mol. The van der Waals surface area contributed by atoms with Crippen molar-refractivity contribution in [2.75, 3.05) is 5.73 Å². The molecule has 6 nitrogen and oxygen atoms in total. The van der Waals surface area contributed by atoms with Gasteiger partial charge in [0.15, 0.2) is 0 Å². The van der Waals surface area contributed by atoms with Gasteiger partial charge >= 0.3 is 5.97 Å². The van der Waals surface area contributed by atoms with Crippen molar-refractivity contribution in [3.63, 3.8) is 0 Å². The third-order valence-electron chi connectivity index (χ3n) is 2.96. The molecule has 0 spiro atoms. The van der Waals surface area contributed by atoms with Gasteiger partial charge in [0.05, 0.1) is 16.9 Å². The van der Waals surface area contributed by atoms with E-state index in [2.05, 4.69) is 0 Å². The molecule has 3 N–H and O–H groups in total. The molecule has 0 saturated heterocycles. The van der Waals surface area contributed by atoms with Crippen molar-refractivity contribution >= 4 is 11.7 Å². The summed E-state index contributed by atoms with van der Waals surface area (Å²) in [5.74, 6) is -1.00. The molecular formula is C12H13N3O3. The lowest BCUT2D eigenvalue weighted by atomic mass is 10.2. The van der Waals surface area contributed by atoms with Crippen molar-refractivity contribution < 1.29 is 9.90 Å². The maximum absolute atomic E-state index is 11.9. The lowest BCUT2D eigenvalue weighted by molar-refractivity contribution is 0.0697. The molecule has 18 heavy (non-hydrogen) atoms. The van der Waals surface area contributed by atoms with Crippen LogP contribution in [-0.4, -0.2) is 20.4 Å². The van der Waals surface area contributed by atoms with E-state index in [0.717, 1.165) is 0 Å². The quantitative estimate of drug-likeness (QED) is 0.819. The minimum Gasteiger partial charge on any atom is -0.478 e. The molecule has 0 aliphatic carbocycles. The molecule has 1 aromatic heterocycles. The van der Waals surface area contributed by atoms with Crippen molar-refractivity contribution in [3.05, 3.63) is 45.9 Å². The number of carboxylic acids is 1. The number of nitrogens with zero attached hydrogens (tertiary/aromatic N) is 2. The Hall–Kier alpha value is -2.50. The zero-order chi connectivity index (χ0) is 13.4. The first kappa shape index (κ1) is 12.0. The molecule has 0 fully saturated rings. The summed E-state index contributed by atoms with van der Waals surface area (Å²) >= 11 is 0. The zero-order valence-electron chi connectivity index (χ0n) is 10.0. The van der Waals surface area contributed by atoms with Gasteiger partial charge in [-0.05, 0) is 31.2 Å². The van der Waals surface area contributed by atoms with Gasteiger partial charge < -0.3 is 10.8 Å². The fraction of sp³-hybridized carbons (Fsp3) is 0.167. The molecule has 1 aromatic carbocycles. The highest BCUT2D eigenvalue weighted by molar-refractivity contribution is 5.87. The number of anilines is 1. The number of aromatic carboxylic acids is 1. The summed E-state index contributed by atoms with van der Waals surface area (Å²) in [6.45, 7) is 1.75. The van der Waals surface area contributed by atoms with E-state index in [1.165, 1.54) is 16.8 Å². The minimum absolute atomic E-state index is 0.172. The van der Waals surface area contributed by atoms with E-state index in [1.54, 1.807) is 30.8 Å². The van der Waals surface area contributed by atoms with Crippen LogP contribution in [0.25, 0.3) is 5.69 Å². The topological polar surface area (TPSA) is 90.2 Å². The van der Waals surface area contributed by atoms with Crippen molar-refractivity contribution in [2.45, 2.75) is 6.92 Å². The van der Waals surface area contributed by atoms with Gasteiger partial charge in [0.2, 0.25) is 0 Å². The molecule has 0 aliphatic rings. The first-order valence-corrected chi connectivity index (χ1v) is 5.31. The number of benzene rings is 1. The number of carboxylic acid groups (broad SMARTS) is 1. The van der Waals surface area contributed by atoms with Crippen LogP contribution in [0.2, 0.25) is 0 Å². The van der Waals surface area contributed by atoms with Crippen LogP contribution in [-0.2, 0) is 7.05 Å². The van der Waals surface area contributed by atoms with Crippen LogP contribution in [0.5, 0.6) is 0 Å². The van der Waals surface area contributed by atoms with Gasteiger partial charge in [-0.3, -0.25) is 9.48 Å². The van der Waals surface area contributed by atoms with Crippen molar-refractivity contribution in [3.8, 4) is 5.69 Å². The van der Waals surface area contributed by atoms with E-state index in [4.69, 9.17) is 10.8 Å². The van der Waals surface area contributed by atoms with Crippen LogP contribution in [0.1, 0.15) is 16.1 Å². The van der Waals surface area contributed by atoms with E-state index in [0.29, 0.717) is 11.4 Å². The Bertz CT molecular complexity index is 665. The van der Waals surface area contributed by atoms with Crippen LogP contribution in [0.4, 0.5) is 5.69 Å². The molecule has 1 heterocycles. The summed E-state index contributed by atoms with van der Waals surface area (Å²) in [5.41, 5.74) is 6.97. The van der Waals surface area contributed by atoms with Crippen molar-refractivity contribution in [1.82, 2.24) is 9.36 Å². The van der Waals surface area contributed by atoms with Crippen LogP contribution in [0.3, 0.4) is 0 Å². The monoisotopic (exact) mass is 247 g/mol. The standard InChI is InChI=1S/C12H13N3O3/c1-7-10(13)11(16)15(14(7)2)9-5-3-8(4-6-9)12(17)18/h3-6H,13H2,1-2H3,(H,17,18). The summed E-state index contributed by atoms with van der Waals surface area (Å²) in [7, 11) is 1.72. The molecule has 94 valence electrons. The average molecular weight is 247 g/mol. The molecule has 0 atom stereocenters. The molecule has 2 aromatic rings. The molecule has 0 unspecified atom stereocenters. The fourth-order valence-corrected chi connectivity index (χ4v) is 1.77.